The van der Waals surface area contributed by atoms with Crippen LogP contribution in [0.25, 0.3) is 0 Å². The number of nitrogens with zero attached hydrogens (tertiary/aromatic N) is 3. The molecule has 0 radical (unpaired) electrons. The maximum Gasteiger partial charge on any atom is 0.426 e. The summed E-state index contributed by atoms with van der Waals surface area (Å²) in [4.78, 5) is 84.5. The van der Waals surface area contributed by atoms with Crippen molar-refractivity contribution in [3.63, 3.8) is 0 Å². The Morgan fingerprint density at radius 1 is 0.803 bits per heavy atom. The highest BCUT2D eigenvalue weighted by Crippen LogP contribution is 2.31. The normalized spacial score (nSPS) is 13.5. The third-order valence-electron chi connectivity index (χ3n) is 11.7. The second kappa shape index (κ2) is 36.0. The van der Waals surface area contributed by atoms with Crippen molar-refractivity contribution in [2.24, 2.45) is 5.92 Å². The molecule has 0 spiro atoms. The number of carbonyl (C=O) groups excluding carboxylic acids is 6. The van der Waals surface area contributed by atoms with E-state index in [1.54, 1.807) is 16.4 Å². The van der Waals surface area contributed by atoms with Gasteiger partial charge in [0.05, 0.1) is 39.6 Å². The average molecular weight is 1010 g/mol. The first-order valence-corrected chi connectivity index (χ1v) is 26.6. The quantitative estimate of drug-likeness (QED) is 0.0405. The Hall–Kier alpha value is -4.95. The summed E-state index contributed by atoms with van der Waals surface area (Å²) in [6, 6.07) is 7.50. The first-order chi connectivity index (χ1) is 34.3. The Morgan fingerprint density at radius 3 is 2.18 bits per heavy atom. The van der Waals surface area contributed by atoms with Crippen molar-refractivity contribution in [2.75, 3.05) is 79.0 Å². The van der Waals surface area contributed by atoms with Gasteiger partial charge in [0.2, 0.25) is 23.6 Å². The number of unbranched alkanes of at least 4 members (excludes halogenated alkanes) is 3. The number of hydrogen-bond donors (Lipinski definition) is 4. The standard InChI is InChI=1S/C52H83N7O11S/c1-7-10-16-49(63)59(25-8-2)44(39(4)5)37-45(69-28-9-3)51-55-43(38-71-51)50(64)54-42(36-41-20-18-40(6)19-21-41)22-23-47(61)56-57-52(65)70-35-34-68-33-32-67-31-30-66-29-24-53-46(60)15-12-11-13-26-58-27-14-17-48(58)62/h14,17-21,38-39,42,44-45H,7-13,15-16,22-37H2,1-6H3,(H,53,60)(H,54,64)(H,56,61)(H,57,65). The number of thiazole rings is 1. The van der Waals surface area contributed by atoms with Crippen molar-refractivity contribution in [3.05, 3.63) is 63.6 Å². The minimum absolute atomic E-state index is 0.00281. The summed E-state index contributed by atoms with van der Waals surface area (Å²) in [7, 11) is 0. The van der Waals surface area contributed by atoms with Crippen LogP contribution in [0.1, 0.15) is 144 Å². The van der Waals surface area contributed by atoms with Gasteiger partial charge in [-0.2, -0.15) is 0 Å². The average Bonchev–Trinajstić information content (AvgIpc) is 4.02. The minimum Gasteiger partial charge on any atom is -0.446 e. The van der Waals surface area contributed by atoms with E-state index in [1.807, 2.05) is 49.1 Å². The van der Waals surface area contributed by atoms with Crippen LogP contribution in [0.3, 0.4) is 0 Å². The summed E-state index contributed by atoms with van der Waals surface area (Å²) >= 11 is 1.37. The number of amides is 6. The molecule has 1 aliphatic heterocycles. The highest BCUT2D eigenvalue weighted by molar-refractivity contribution is 7.09. The summed E-state index contributed by atoms with van der Waals surface area (Å²) < 4.78 is 27.9. The van der Waals surface area contributed by atoms with E-state index in [1.165, 1.54) is 11.3 Å². The van der Waals surface area contributed by atoms with Gasteiger partial charge in [0.15, 0.2) is 0 Å². The number of aromatic nitrogens is 1. The molecule has 0 bridgehead atoms. The van der Waals surface area contributed by atoms with E-state index in [0.29, 0.717) is 83.4 Å². The van der Waals surface area contributed by atoms with Gasteiger partial charge in [0.1, 0.15) is 23.4 Å². The van der Waals surface area contributed by atoms with Gasteiger partial charge in [-0.1, -0.05) is 83.4 Å². The number of carbonyl (C=O) groups is 6. The fourth-order valence-corrected chi connectivity index (χ4v) is 8.61. The summed E-state index contributed by atoms with van der Waals surface area (Å²) in [6.45, 7) is 17.2. The molecule has 1 aromatic heterocycles. The Kier molecular flexibility index (Phi) is 30.6. The SMILES string of the molecule is CCCCC(=O)N(CCC)C(CC(OCCC)c1nc(C(=O)NC(CCC(=O)NNC(=O)OCCOCCOCCOCCNC(=O)CCCCCN2CC=CC2=O)Cc2ccc(C)cc2)cs1)C(C)C. The molecular formula is C52H83N7O11S. The van der Waals surface area contributed by atoms with Crippen molar-refractivity contribution in [1.82, 2.24) is 36.3 Å². The molecule has 19 heteroatoms. The van der Waals surface area contributed by atoms with Crippen LogP contribution in [0, 0.1) is 12.8 Å². The maximum absolute atomic E-state index is 13.8. The Bertz CT molecular complexity index is 1900. The van der Waals surface area contributed by atoms with Crippen molar-refractivity contribution in [2.45, 2.75) is 143 Å². The zero-order valence-corrected chi connectivity index (χ0v) is 44.1. The van der Waals surface area contributed by atoms with Gasteiger partial charge in [-0.3, -0.25) is 29.4 Å². The van der Waals surface area contributed by atoms with E-state index in [0.717, 1.165) is 62.6 Å². The lowest BCUT2D eigenvalue weighted by Crippen LogP contribution is -2.44. The van der Waals surface area contributed by atoms with Gasteiger partial charge >= 0.3 is 6.09 Å². The molecule has 3 rings (SSSR count). The van der Waals surface area contributed by atoms with Crippen molar-refractivity contribution in [1.29, 1.82) is 0 Å². The molecule has 3 unspecified atom stereocenters. The highest BCUT2D eigenvalue weighted by Gasteiger charge is 2.31. The van der Waals surface area contributed by atoms with Gasteiger partial charge in [-0.15, -0.1) is 11.3 Å². The first-order valence-electron chi connectivity index (χ1n) is 25.7. The van der Waals surface area contributed by atoms with Crippen LogP contribution in [-0.2, 0) is 49.3 Å². The predicted molar refractivity (Wildman–Crippen MR) is 274 cm³/mol. The molecule has 0 saturated heterocycles. The largest absolute Gasteiger partial charge is 0.446 e. The van der Waals surface area contributed by atoms with E-state index in [9.17, 15) is 28.8 Å². The lowest BCUT2D eigenvalue weighted by Gasteiger charge is -2.36. The van der Waals surface area contributed by atoms with E-state index < -0.39 is 24.1 Å². The fourth-order valence-electron chi connectivity index (χ4n) is 7.75. The Labute approximate surface area is 426 Å². The molecule has 18 nitrogen and oxygen atoms in total. The number of nitrogens with one attached hydrogen (secondary N) is 4. The van der Waals surface area contributed by atoms with Gasteiger partial charge in [-0.25, -0.2) is 15.2 Å². The minimum atomic E-state index is -0.845. The molecule has 1 aromatic carbocycles. The van der Waals surface area contributed by atoms with Crippen LogP contribution < -0.4 is 21.5 Å². The number of rotatable bonds is 38. The lowest BCUT2D eigenvalue weighted by atomic mass is 9.95. The molecule has 0 aliphatic carbocycles. The first kappa shape index (κ1) is 60.4. The molecule has 0 fully saturated rings. The van der Waals surface area contributed by atoms with Crippen molar-refractivity contribution in [3.8, 4) is 0 Å². The molecule has 2 aromatic rings. The molecule has 4 N–H and O–H groups in total. The van der Waals surface area contributed by atoms with Crippen molar-refractivity contribution >= 4 is 47.0 Å². The predicted octanol–water partition coefficient (Wildman–Crippen LogP) is 6.77. The summed E-state index contributed by atoms with van der Waals surface area (Å²) in [5.41, 5.74) is 6.97. The van der Waals surface area contributed by atoms with Crippen LogP contribution in [0.15, 0.2) is 41.8 Å². The molecule has 398 valence electrons. The monoisotopic (exact) mass is 1010 g/mol. The van der Waals surface area contributed by atoms with Crippen LogP contribution in [0.2, 0.25) is 0 Å². The Balaban J connectivity index is 1.35. The molecule has 3 atom stereocenters. The Morgan fingerprint density at radius 2 is 1.52 bits per heavy atom. The zero-order chi connectivity index (χ0) is 51.6. The van der Waals surface area contributed by atoms with Crippen molar-refractivity contribution < 1.29 is 52.5 Å². The second-order valence-corrected chi connectivity index (χ2v) is 19.0. The fraction of sp³-hybridized carbons (Fsp3) is 0.673. The molecule has 0 saturated carbocycles. The second-order valence-electron chi connectivity index (χ2n) is 18.1. The highest BCUT2D eigenvalue weighted by atomic mass is 32.1. The number of hydrazine groups is 1. The van der Waals surface area contributed by atoms with Crippen LogP contribution in [0.5, 0.6) is 0 Å². The topological polar surface area (TPSA) is 216 Å². The number of ether oxygens (including phenoxy) is 5. The van der Waals surface area contributed by atoms with Gasteiger partial charge in [0.25, 0.3) is 5.91 Å². The smallest absolute Gasteiger partial charge is 0.426 e. The summed E-state index contributed by atoms with van der Waals surface area (Å²) in [5.74, 6) is -0.444. The van der Waals surface area contributed by atoms with E-state index in [2.05, 4.69) is 49.2 Å². The van der Waals surface area contributed by atoms with E-state index in [-0.39, 0.29) is 73.9 Å². The zero-order valence-electron chi connectivity index (χ0n) is 43.3. The maximum atomic E-state index is 13.8. The molecule has 6 amide bonds. The molecule has 71 heavy (non-hydrogen) atoms. The number of benzene rings is 1. The summed E-state index contributed by atoms with van der Waals surface area (Å²) in [6.07, 6.45) is 10.5. The third-order valence-corrected chi connectivity index (χ3v) is 12.6. The summed E-state index contributed by atoms with van der Waals surface area (Å²) in [5, 5.41) is 8.34. The molecule has 2 heterocycles. The third kappa shape index (κ3) is 25.3. The van der Waals surface area contributed by atoms with Crippen LogP contribution >= 0.6 is 11.3 Å². The van der Waals surface area contributed by atoms with Gasteiger partial charge < -0.3 is 44.1 Å². The van der Waals surface area contributed by atoms with Gasteiger partial charge in [-0.05, 0) is 63.4 Å². The number of aryl methyl sites for hydroxylation is 1. The van der Waals surface area contributed by atoms with Crippen LogP contribution in [-0.4, -0.2) is 142 Å². The van der Waals surface area contributed by atoms with Gasteiger partial charge in [0, 0.05) is 82.0 Å². The lowest BCUT2D eigenvalue weighted by molar-refractivity contribution is -0.136. The molecule has 1 aliphatic rings. The number of hydrogen-bond acceptors (Lipinski definition) is 13. The van der Waals surface area contributed by atoms with E-state index >= 15 is 0 Å². The van der Waals surface area contributed by atoms with E-state index in [4.69, 9.17) is 28.7 Å². The molecular weight excluding hydrogens is 931 g/mol. The van der Waals surface area contributed by atoms with Crippen LogP contribution in [0.4, 0.5) is 4.79 Å².